The second-order valence-corrected chi connectivity index (χ2v) is 6.94. The van der Waals surface area contributed by atoms with Gasteiger partial charge in [0.1, 0.15) is 17.7 Å². The van der Waals surface area contributed by atoms with E-state index in [1.54, 1.807) is 4.68 Å². The number of Topliss-reactive ketones (excluding diaryl/α,β-unsaturated/α-hetero) is 1. The van der Waals surface area contributed by atoms with Gasteiger partial charge in [-0.1, -0.05) is 12.1 Å². The largest absolute Gasteiger partial charge is 0.486 e. The fourth-order valence-electron chi connectivity index (χ4n) is 3.79. The Kier molecular flexibility index (Phi) is 4.40. The van der Waals surface area contributed by atoms with Crippen molar-refractivity contribution in [1.82, 2.24) is 25.1 Å². The Bertz CT molecular complexity index is 807. The van der Waals surface area contributed by atoms with Crippen LogP contribution >= 0.6 is 0 Å². The number of ketones is 1. The molecule has 1 saturated heterocycles. The van der Waals surface area contributed by atoms with Crippen molar-refractivity contribution in [3.05, 3.63) is 36.2 Å². The summed E-state index contributed by atoms with van der Waals surface area (Å²) < 4.78 is 7.82. The molecule has 1 unspecified atom stereocenters. The van der Waals surface area contributed by atoms with Gasteiger partial charge in [0.25, 0.3) is 0 Å². The minimum Gasteiger partial charge on any atom is -0.486 e. The maximum atomic E-state index is 12.5. The zero-order chi connectivity index (χ0) is 18.0. The van der Waals surface area contributed by atoms with Gasteiger partial charge in [-0.15, -0.1) is 5.10 Å². The van der Waals surface area contributed by atoms with Gasteiger partial charge in [0, 0.05) is 25.9 Å². The van der Waals surface area contributed by atoms with Gasteiger partial charge in [0.2, 0.25) is 5.91 Å². The van der Waals surface area contributed by atoms with Crippen LogP contribution in [0.25, 0.3) is 0 Å². The number of rotatable bonds is 3. The number of ether oxygens (including phenoxy) is 1. The molecule has 8 nitrogen and oxygen atoms in total. The molecule has 26 heavy (non-hydrogen) atoms. The molecule has 8 heteroatoms. The number of para-hydroxylation sites is 1. The van der Waals surface area contributed by atoms with Crippen LogP contribution < -0.4 is 4.74 Å². The van der Waals surface area contributed by atoms with E-state index in [2.05, 4.69) is 15.5 Å². The Labute approximate surface area is 151 Å². The van der Waals surface area contributed by atoms with E-state index >= 15 is 0 Å². The molecule has 136 valence electrons. The number of amides is 1. The second-order valence-electron chi connectivity index (χ2n) is 6.94. The first-order chi connectivity index (χ1) is 12.7. The van der Waals surface area contributed by atoms with E-state index in [1.165, 1.54) is 6.33 Å². The summed E-state index contributed by atoms with van der Waals surface area (Å²) in [6, 6.07) is 7.41. The first-order valence-electron chi connectivity index (χ1n) is 8.95. The van der Waals surface area contributed by atoms with Gasteiger partial charge in [-0.25, -0.2) is 4.68 Å². The molecule has 0 aliphatic carbocycles. The normalized spacial score (nSPS) is 22.6. The van der Waals surface area contributed by atoms with Crippen molar-refractivity contribution in [3.8, 4) is 5.75 Å². The quantitative estimate of drug-likeness (QED) is 0.828. The number of benzene rings is 1. The average molecular weight is 355 g/mol. The van der Waals surface area contributed by atoms with E-state index in [4.69, 9.17) is 4.74 Å². The number of carbonyl (C=O) groups excluding carboxylic acids is 2. The standard InChI is InChI=1S/C18H21N5O3/c24-15-12-18(26-16-5-2-1-4-14(15)16)7-3-9-22(11-8-18)17(25)6-10-23-13-19-20-21-23/h1-2,4-5,13H,3,6-12H2. The van der Waals surface area contributed by atoms with E-state index in [-0.39, 0.29) is 11.7 Å². The van der Waals surface area contributed by atoms with Crippen LogP contribution in [0.5, 0.6) is 5.75 Å². The number of aromatic nitrogens is 4. The first kappa shape index (κ1) is 16.7. The third-order valence-corrected chi connectivity index (χ3v) is 5.19. The summed E-state index contributed by atoms with van der Waals surface area (Å²) >= 11 is 0. The number of fused-ring (bicyclic) bond motifs is 1. The highest BCUT2D eigenvalue weighted by molar-refractivity contribution is 6.00. The van der Waals surface area contributed by atoms with Crippen molar-refractivity contribution in [2.45, 2.75) is 44.2 Å². The van der Waals surface area contributed by atoms with Crippen LogP contribution in [0, 0.1) is 0 Å². The van der Waals surface area contributed by atoms with Crippen molar-refractivity contribution in [2.75, 3.05) is 13.1 Å². The maximum absolute atomic E-state index is 12.5. The van der Waals surface area contributed by atoms with Crippen molar-refractivity contribution >= 4 is 11.7 Å². The van der Waals surface area contributed by atoms with E-state index in [0.29, 0.717) is 50.2 Å². The van der Waals surface area contributed by atoms with Crippen LogP contribution in [0.4, 0.5) is 0 Å². The van der Waals surface area contributed by atoms with E-state index in [1.807, 2.05) is 29.2 Å². The summed E-state index contributed by atoms with van der Waals surface area (Å²) in [7, 11) is 0. The van der Waals surface area contributed by atoms with Crippen molar-refractivity contribution in [2.24, 2.45) is 0 Å². The molecule has 3 heterocycles. The number of hydrogen-bond donors (Lipinski definition) is 0. The topological polar surface area (TPSA) is 90.2 Å². The van der Waals surface area contributed by atoms with Gasteiger partial charge in [0.05, 0.1) is 18.5 Å². The minimum atomic E-state index is -0.490. The van der Waals surface area contributed by atoms with Crippen molar-refractivity contribution in [1.29, 1.82) is 0 Å². The molecule has 4 rings (SSSR count). The lowest BCUT2D eigenvalue weighted by Gasteiger charge is -2.37. The molecule has 1 fully saturated rings. The van der Waals surface area contributed by atoms with E-state index < -0.39 is 5.60 Å². The Morgan fingerprint density at radius 1 is 1.23 bits per heavy atom. The van der Waals surface area contributed by atoms with E-state index in [9.17, 15) is 9.59 Å². The summed E-state index contributed by atoms with van der Waals surface area (Å²) in [6.45, 7) is 1.76. The summed E-state index contributed by atoms with van der Waals surface area (Å²) in [5.74, 6) is 0.882. The number of nitrogens with zero attached hydrogens (tertiary/aromatic N) is 5. The predicted molar refractivity (Wildman–Crippen MR) is 91.6 cm³/mol. The molecule has 1 spiro atoms. The van der Waals surface area contributed by atoms with Gasteiger partial charge < -0.3 is 9.64 Å². The van der Waals surface area contributed by atoms with Crippen LogP contribution in [-0.2, 0) is 11.3 Å². The van der Waals surface area contributed by atoms with Gasteiger partial charge in [-0.3, -0.25) is 9.59 Å². The molecule has 2 aromatic rings. The zero-order valence-electron chi connectivity index (χ0n) is 14.5. The predicted octanol–water partition coefficient (Wildman–Crippen LogP) is 1.48. The van der Waals surface area contributed by atoms with Crippen molar-refractivity contribution in [3.63, 3.8) is 0 Å². The average Bonchev–Trinajstić information content (AvgIpc) is 3.08. The minimum absolute atomic E-state index is 0.0834. The van der Waals surface area contributed by atoms with Gasteiger partial charge in [-0.05, 0) is 35.4 Å². The molecule has 1 atom stereocenters. The van der Waals surface area contributed by atoms with Crippen LogP contribution in [0.3, 0.4) is 0 Å². The highest BCUT2D eigenvalue weighted by atomic mass is 16.5. The van der Waals surface area contributed by atoms with E-state index in [0.717, 1.165) is 12.8 Å². The van der Waals surface area contributed by atoms with Gasteiger partial charge >= 0.3 is 0 Å². The molecule has 0 radical (unpaired) electrons. The Morgan fingerprint density at radius 2 is 2.12 bits per heavy atom. The number of likely N-dealkylation sites (tertiary alicyclic amines) is 1. The SMILES string of the molecule is O=C1CC2(CCCN(C(=O)CCn3cnnn3)CC2)Oc2ccccc21. The third kappa shape index (κ3) is 3.31. The lowest BCUT2D eigenvalue weighted by atomic mass is 9.84. The summed E-state index contributed by atoms with van der Waals surface area (Å²) in [4.78, 5) is 26.9. The molecule has 1 aromatic heterocycles. The molecular weight excluding hydrogens is 334 g/mol. The molecule has 0 saturated carbocycles. The Morgan fingerprint density at radius 3 is 2.96 bits per heavy atom. The lowest BCUT2D eigenvalue weighted by Crippen LogP contribution is -2.43. The zero-order valence-corrected chi connectivity index (χ0v) is 14.5. The Balaban J connectivity index is 1.40. The van der Waals surface area contributed by atoms with Crippen molar-refractivity contribution < 1.29 is 14.3 Å². The van der Waals surface area contributed by atoms with Crippen LogP contribution in [0.1, 0.15) is 42.5 Å². The maximum Gasteiger partial charge on any atom is 0.224 e. The monoisotopic (exact) mass is 355 g/mol. The second kappa shape index (κ2) is 6.86. The molecule has 0 N–H and O–H groups in total. The fraction of sp³-hybridized carbons (Fsp3) is 0.500. The number of aryl methyl sites for hydroxylation is 1. The number of tetrazole rings is 1. The summed E-state index contributed by atoms with van der Waals surface area (Å²) in [6.07, 6.45) is 4.53. The molecule has 1 aromatic carbocycles. The molecular formula is C18H21N5O3. The molecule has 0 bridgehead atoms. The van der Waals surface area contributed by atoms with Crippen LogP contribution in [0.2, 0.25) is 0 Å². The van der Waals surface area contributed by atoms with Gasteiger partial charge in [-0.2, -0.15) is 0 Å². The highest BCUT2D eigenvalue weighted by Gasteiger charge is 2.41. The lowest BCUT2D eigenvalue weighted by molar-refractivity contribution is -0.131. The summed E-state index contributed by atoms with van der Waals surface area (Å²) in [5, 5.41) is 10.9. The third-order valence-electron chi connectivity index (χ3n) is 5.19. The molecule has 1 amide bonds. The highest BCUT2D eigenvalue weighted by Crippen LogP contribution is 2.39. The number of carbonyl (C=O) groups is 2. The Hall–Kier alpha value is -2.77. The smallest absolute Gasteiger partial charge is 0.224 e. The number of hydrogen-bond acceptors (Lipinski definition) is 6. The molecule has 2 aliphatic heterocycles. The fourth-order valence-corrected chi connectivity index (χ4v) is 3.79. The van der Waals surface area contributed by atoms with Gasteiger partial charge in [0.15, 0.2) is 5.78 Å². The van der Waals surface area contributed by atoms with Crippen LogP contribution in [0.15, 0.2) is 30.6 Å². The summed E-state index contributed by atoms with van der Waals surface area (Å²) in [5.41, 5.74) is 0.174. The molecule has 2 aliphatic rings. The first-order valence-corrected chi connectivity index (χ1v) is 8.95. The van der Waals surface area contributed by atoms with Crippen LogP contribution in [-0.4, -0.2) is 55.5 Å².